The number of amides is 1. The zero-order valence-corrected chi connectivity index (χ0v) is 12.7. The predicted octanol–water partition coefficient (Wildman–Crippen LogP) is 1.13. The molecule has 1 amide bonds. The lowest BCUT2D eigenvalue weighted by Gasteiger charge is -2.29. The number of fused-ring (bicyclic) bond motifs is 1. The summed E-state index contributed by atoms with van der Waals surface area (Å²) in [5, 5.41) is 2.08. The minimum Gasteiger partial charge on any atom is -0.468 e. The number of likely N-dealkylation sites (N-methyl/N-ethyl adjacent to an activating group) is 1. The third-order valence-electron chi connectivity index (χ3n) is 3.55. The Hall–Kier alpha value is -1.40. The largest absolute Gasteiger partial charge is 0.468 e. The van der Waals surface area contributed by atoms with Gasteiger partial charge in [0.1, 0.15) is 0 Å². The summed E-state index contributed by atoms with van der Waals surface area (Å²) in [6.07, 6.45) is 0.932. The number of rotatable bonds is 5. The Morgan fingerprint density at radius 2 is 2.25 bits per heavy atom. The van der Waals surface area contributed by atoms with Gasteiger partial charge >= 0.3 is 5.97 Å². The lowest BCUT2D eigenvalue weighted by atomic mass is 10.1. The molecular formula is C14H20N2O3S. The van der Waals surface area contributed by atoms with Gasteiger partial charge in [-0.15, -0.1) is 11.3 Å². The topological polar surface area (TPSA) is 49.9 Å². The molecule has 0 fully saturated rings. The van der Waals surface area contributed by atoms with E-state index >= 15 is 0 Å². The first-order valence-corrected chi connectivity index (χ1v) is 7.64. The van der Waals surface area contributed by atoms with Crippen LogP contribution in [0.15, 0.2) is 11.4 Å². The summed E-state index contributed by atoms with van der Waals surface area (Å²) in [4.78, 5) is 28.6. The van der Waals surface area contributed by atoms with Crippen LogP contribution in [-0.2, 0) is 27.3 Å². The van der Waals surface area contributed by atoms with E-state index in [0.717, 1.165) is 13.0 Å². The van der Waals surface area contributed by atoms with E-state index in [0.29, 0.717) is 13.1 Å². The maximum atomic E-state index is 12.3. The maximum Gasteiger partial charge on any atom is 0.319 e. The molecule has 0 atom stereocenters. The minimum absolute atomic E-state index is 0.0765. The Bertz CT molecular complexity index is 487. The van der Waals surface area contributed by atoms with Gasteiger partial charge in [0.25, 0.3) is 0 Å². The highest BCUT2D eigenvalue weighted by atomic mass is 32.1. The van der Waals surface area contributed by atoms with Gasteiger partial charge in [0.15, 0.2) is 0 Å². The van der Waals surface area contributed by atoms with Gasteiger partial charge in [-0.2, -0.15) is 0 Å². The van der Waals surface area contributed by atoms with E-state index in [-0.39, 0.29) is 25.0 Å². The summed E-state index contributed by atoms with van der Waals surface area (Å²) in [5.74, 6) is -0.231. The first kappa shape index (κ1) is 15.0. The Labute approximate surface area is 123 Å². The number of ether oxygens (including phenoxy) is 1. The van der Waals surface area contributed by atoms with E-state index in [4.69, 9.17) is 0 Å². The number of nitrogens with zero attached hydrogens (tertiary/aromatic N) is 2. The molecule has 2 heterocycles. The van der Waals surface area contributed by atoms with Crippen LogP contribution in [0.1, 0.15) is 17.4 Å². The predicted molar refractivity (Wildman–Crippen MR) is 77.6 cm³/mol. The minimum atomic E-state index is -0.307. The Morgan fingerprint density at radius 1 is 1.45 bits per heavy atom. The van der Waals surface area contributed by atoms with E-state index in [1.165, 1.54) is 17.6 Å². The van der Waals surface area contributed by atoms with E-state index in [2.05, 4.69) is 16.2 Å². The fourth-order valence-corrected chi connectivity index (χ4v) is 3.17. The first-order chi connectivity index (χ1) is 9.63. The summed E-state index contributed by atoms with van der Waals surface area (Å²) >= 11 is 1.76. The highest BCUT2D eigenvalue weighted by molar-refractivity contribution is 7.10. The van der Waals surface area contributed by atoms with Crippen molar-refractivity contribution in [3.63, 3.8) is 0 Å². The normalized spacial score (nSPS) is 14.2. The summed E-state index contributed by atoms with van der Waals surface area (Å²) in [5.41, 5.74) is 1.26. The third-order valence-corrected chi connectivity index (χ3v) is 4.57. The maximum absolute atomic E-state index is 12.3. The van der Waals surface area contributed by atoms with Crippen LogP contribution in [0.5, 0.6) is 0 Å². The molecule has 0 aliphatic carbocycles. The smallest absolute Gasteiger partial charge is 0.319 e. The van der Waals surface area contributed by atoms with Crippen molar-refractivity contribution in [1.29, 1.82) is 0 Å². The third kappa shape index (κ3) is 3.58. The monoisotopic (exact) mass is 296 g/mol. The lowest BCUT2D eigenvalue weighted by Crippen LogP contribution is -2.43. The quantitative estimate of drug-likeness (QED) is 0.764. The number of carbonyl (C=O) groups is 2. The summed E-state index contributed by atoms with van der Waals surface area (Å²) < 4.78 is 4.64. The fraction of sp³-hybridized carbons (Fsp3) is 0.571. The number of hydrogen-bond acceptors (Lipinski definition) is 5. The van der Waals surface area contributed by atoms with Crippen molar-refractivity contribution in [3.8, 4) is 0 Å². The zero-order chi connectivity index (χ0) is 14.5. The molecule has 0 spiro atoms. The molecular weight excluding hydrogens is 276 g/mol. The zero-order valence-electron chi connectivity index (χ0n) is 11.9. The standard InChI is InChI=1S/C14H20N2O3S/c1-3-15(10-14(18)19-2)9-13(17)16-6-4-12-11(8-16)5-7-20-12/h5,7H,3-4,6,8-10H2,1-2H3. The highest BCUT2D eigenvalue weighted by Gasteiger charge is 2.23. The molecule has 110 valence electrons. The van der Waals surface area contributed by atoms with E-state index < -0.39 is 0 Å². The van der Waals surface area contributed by atoms with Gasteiger partial charge in [0.05, 0.1) is 20.2 Å². The molecule has 0 N–H and O–H groups in total. The number of esters is 1. The van der Waals surface area contributed by atoms with Crippen molar-refractivity contribution in [3.05, 3.63) is 21.9 Å². The van der Waals surface area contributed by atoms with Gasteiger partial charge in [-0.3, -0.25) is 14.5 Å². The molecule has 20 heavy (non-hydrogen) atoms. The molecule has 1 aromatic heterocycles. The molecule has 0 bridgehead atoms. The van der Waals surface area contributed by atoms with Crippen LogP contribution in [0.4, 0.5) is 0 Å². The number of carbonyl (C=O) groups excluding carboxylic acids is 2. The van der Waals surface area contributed by atoms with Crippen LogP contribution in [-0.4, -0.2) is 55.0 Å². The van der Waals surface area contributed by atoms with Crippen molar-refractivity contribution in [2.24, 2.45) is 0 Å². The number of methoxy groups -OCH3 is 1. The SMILES string of the molecule is CCN(CC(=O)OC)CC(=O)N1CCc2sccc2C1. The first-order valence-electron chi connectivity index (χ1n) is 6.76. The van der Waals surface area contributed by atoms with Crippen LogP contribution in [0.2, 0.25) is 0 Å². The molecule has 1 aliphatic heterocycles. The highest BCUT2D eigenvalue weighted by Crippen LogP contribution is 2.23. The molecule has 0 unspecified atom stereocenters. The molecule has 1 aliphatic rings. The van der Waals surface area contributed by atoms with Gasteiger partial charge in [-0.25, -0.2) is 0 Å². The average Bonchev–Trinajstić information content (AvgIpc) is 2.93. The van der Waals surface area contributed by atoms with Gasteiger partial charge < -0.3 is 9.64 Å². The number of hydrogen-bond donors (Lipinski definition) is 0. The second-order valence-corrected chi connectivity index (χ2v) is 5.81. The van der Waals surface area contributed by atoms with Crippen molar-refractivity contribution in [1.82, 2.24) is 9.80 Å². The molecule has 0 radical (unpaired) electrons. The molecule has 6 heteroatoms. The Kier molecular flexibility index (Phi) is 5.14. The molecule has 0 saturated carbocycles. The second-order valence-electron chi connectivity index (χ2n) is 4.81. The van der Waals surface area contributed by atoms with Gasteiger partial charge in [0.2, 0.25) is 5.91 Å². The molecule has 0 aromatic carbocycles. The lowest BCUT2D eigenvalue weighted by molar-refractivity contribution is -0.143. The molecule has 2 rings (SSSR count). The van der Waals surface area contributed by atoms with E-state index in [1.54, 1.807) is 16.2 Å². The van der Waals surface area contributed by atoms with Crippen molar-refractivity contribution < 1.29 is 14.3 Å². The average molecular weight is 296 g/mol. The van der Waals surface area contributed by atoms with Crippen molar-refractivity contribution in [2.75, 3.05) is 33.3 Å². The summed E-state index contributed by atoms with van der Waals surface area (Å²) in [7, 11) is 1.36. The molecule has 1 aromatic rings. The Morgan fingerprint density at radius 3 is 2.95 bits per heavy atom. The van der Waals surface area contributed by atoms with Crippen molar-refractivity contribution >= 4 is 23.2 Å². The van der Waals surface area contributed by atoms with Crippen LogP contribution >= 0.6 is 11.3 Å². The van der Waals surface area contributed by atoms with Crippen molar-refractivity contribution in [2.45, 2.75) is 19.9 Å². The molecule has 0 saturated heterocycles. The van der Waals surface area contributed by atoms with E-state index in [9.17, 15) is 9.59 Å². The van der Waals surface area contributed by atoms with Crippen LogP contribution in [0, 0.1) is 0 Å². The van der Waals surface area contributed by atoms with Gasteiger partial charge in [-0.1, -0.05) is 6.92 Å². The van der Waals surface area contributed by atoms with Crippen LogP contribution < -0.4 is 0 Å². The van der Waals surface area contributed by atoms with Gasteiger partial charge in [0, 0.05) is 18.0 Å². The fourth-order valence-electron chi connectivity index (χ4n) is 2.28. The van der Waals surface area contributed by atoms with Crippen LogP contribution in [0.25, 0.3) is 0 Å². The summed E-state index contributed by atoms with van der Waals surface area (Å²) in [6.45, 7) is 4.47. The van der Waals surface area contributed by atoms with Gasteiger partial charge in [-0.05, 0) is 30.0 Å². The van der Waals surface area contributed by atoms with Crippen LogP contribution in [0.3, 0.4) is 0 Å². The van der Waals surface area contributed by atoms with E-state index in [1.807, 2.05) is 11.8 Å². The summed E-state index contributed by atoms with van der Waals surface area (Å²) in [6, 6.07) is 2.09. The molecule has 5 nitrogen and oxygen atoms in total. The number of thiophene rings is 1. The second kappa shape index (κ2) is 6.85. The Balaban J connectivity index is 1.90.